The molecule has 0 aliphatic carbocycles. The molecule has 0 aromatic carbocycles. The molecule has 1 amide bonds. The lowest BCUT2D eigenvalue weighted by Crippen LogP contribution is -2.34. The van der Waals surface area contributed by atoms with Gasteiger partial charge < -0.3 is 20.3 Å². The number of rotatable bonds is 5. The average Bonchev–Trinajstić information content (AvgIpc) is 3.43. The number of nitrogens with zero attached hydrogens (tertiary/aromatic N) is 4. The van der Waals surface area contributed by atoms with Crippen LogP contribution in [0.15, 0.2) is 42.9 Å². The molecular weight excluding hydrogens is 544 g/mol. The van der Waals surface area contributed by atoms with Crippen molar-refractivity contribution in [2.24, 2.45) is 11.8 Å². The van der Waals surface area contributed by atoms with Crippen molar-refractivity contribution in [1.82, 2.24) is 25.4 Å². The molecule has 0 unspecified atom stereocenters. The molecule has 2 saturated heterocycles. The maximum absolute atomic E-state index is 12.2. The topological polar surface area (TPSA) is 155 Å². The predicted molar refractivity (Wildman–Crippen MR) is 118 cm³/mol. The first-order valence-electron chi connectivity index (χ1n) is 11.1. The van der Waals surface area contributed by atoms with Gasteiger partial charge in [-0.1, -0.05) is 6.07 Å². The number of carbonyl (C=O) groups excluding carboxylic acids is 1. The number of amides is 1. The van der Waals surface area contributed by atoms with Crippen LogP contribution < -0.4 is 5.32 Å². The van der Waals surface area contributed by atoms with Gasteiger partial charge in [-0.25, -0.2) is 9.59 Å². The molecule has 2 aromatic heterocycles. The van der Waals surface area contributed by atoms with Crippen LogP contribution in [0.1, 0.15) is 16.1 Å². The highest BCUT2D eigenvalue weighted by Crippen LogP contribution is 2.33. The largest absolute Gasteiger partial charge is 0.490 e. The lowest BCUT2D eigenvalue weighted by Gasteiger charge is -2.19. The number of carboxylic acids is 2. The highest BCUT2D eigenvalue weighted by Gasteiger charge is 2.43. The number of likely N-dealkylation sites (tertiary alicyclic amines) is 1. The minimum atomic E-state index is -5.08. The molecule has 0 bridgehead atoms. The summed E-state index contributed by atoms with van der Waals surface area (Å²) >= 11 is 0. The Morgan fingerprint density at radius 2 is 1.62 bits per heavy atom. The summed E-state index contributed by atoms with van der Waals surface area (Å²) in [4.78, 5) is 36.7. The molecule has 0 saturated carbocycles. The maximum Gasteiger partial charge on any atom is 0.490 e. The SMILES string of the molecule is O=C(NC[C@@H]1CO[C@@H]2CN(Cc3ccccn3)C[C@H]12)c1ccnnc1.O=C(O)C(F)(F)F.O=C(O)C(F)(F)F. The molecule has 39 heavy (non-hydrogen) atoms. The van der Waals surface area contributed by atoms with E-state index in [0.29, 0.717) is 30.6 Å². The van der Waals surface area contributed by atoms with E-state index in [-0.39, 0.29) is 12.0 Å². The summed E-state index contributed by atoms with van der Waals surface area (Å²) < 4.78 is 69.4. The van der Waals surface area contributed by atoms with Crippen LogP contribution in [0.2, 0.25) is 0 Å². The van der Waals surface area contributed by atoms with E-state index >= 15 is 0 Å². The lowest BCUT2D eigenvalue weighted by atomic mass is 9.93. The number of hydrogen-bond acceptors (Lipinski definition) is 8. The number of halogens is 6. The fraction of sp³-hybridized carbons (Fsp3) is 0.455. The zero-order valence-electron chi connectivity index (χ0n) is 19.9. The Bertz CT molecular complexity index is 1070. The number of carboxylic acid groups (broad SMARTS) is 2. The zero-order chi connectivity index (χ0) is 29.2. The molecule has 2 aliphatic rings. The van der Waals surface area contributed by atoms with Crippen LogP contribution in [0.3, 0.4) is 0 Å². The smallest absolute Gasteiger partial charge is 0.475 e. The Morgan fingerprint density at radius 1 is 0.974 bits per heavy atom. The molecule has 2 aliphatic heterocycles. The molecule has 2 aromatic rings. The molecule has 0 spiro atoms. The van der Waals surface area contributed by atoms with Gasteiger partial charge in [0.15, 0.2) is 0 Å². The number of ether oxygens (including phenoxy) is 1. The van der Waals surface area contributed by atoms with Gasteiger partial charge in [-0.2, -0.15) is 36.5 Å². The van der Waals surface area contributed by atoms with Crippen LogP contribution in [-0.2, 0) is 20.9 Å². The number of aliphatic carboxylic acids is 2. The van der Waals surface area contributed by atoms with Gasteiger partial charge >= 0.3 is 24.3 Å². The minimum absolute atomic E-state index is 0.110. The molecule has 214 valence electrons. The third-order valence-corrected chi connectivity index (χ3v) is 5.48. The van der Waals surface area contributed by atoms with E-state index in [9.17, 15) is 31.1 Å². The van der Waals surface area contributed by atoms with Crippen molar-refractivity contribution in [2.75, 3.05) is 26.2 Å². The first kappa shape index (κ1) is 31.4. The van der Waals surface area contributed by atoms with E-state index in [0.717, 1.165) is 25.3 Å². The van der Waals surface area contributed by atoms with E-state index in [1.807, 2.05) is 18.3 Å². The van der Waals surface area contributed by atoms with Gasteiger partial charge in [-0.15, -0.1) is 0 Å². The Kier molecular flexibility index (Phi) is 11.1. The molecule has 11 nitrogen and oxygen atoms in total. The van der Waals surface area contributed by atoms with E-state index in [1.54, 1.807) is 6.07 Å². The second-order valence-corrected chi connectivity index (χ2v) is 8.26. The van der Waals surface area contributed by atoms with Crippen molar-refractivity contribution in [3.8, 4) is 0 Å². The standard InChI is InChI=1S/C18H21N5O2.2C2HF3O2/c24-18(13-4-6-21-22-8-13)20-7-14-12-25-17-11-23(10-16(14)17)9-15-3-1-2-5-19-15;2*3-2(4,5)1(6)7/h1-6,8,14,16-17H,7,9-12H2,(H,20,24);2*(H,6,7)/t14-,16-,17-;;/m1../s1. The summed E-state index contributed by atoms with van der Waals surface area (Å²) in [6.45, 7) is 4.10. The number of pyridine rings is 1. The van der Waals surface area contributed by atoms with Crippen molar-refractivity contribution in [3.05, 3.63) is 54.1 Å². The van der Waals surface area contributed by atoms with E-state index in [4.69, 9.17) is 24.5 Å². The van der Waals surface area contributed by atoms with Crippen LogP contribution in [0, 0.1) is 11.8 Å². The first-order valence-corrected chi connectivity index (χ1v) is 11.1. The Balaban J connectivity index is 0.000000317. The van der Waals surface area contributed by atoms with Crippen molar-refractivity contribution in [1.29, 1.82) is 0 Å². The normalized spacial score (nSPS) is 20.5. The number of hydrogen-bond donors (Lipinski definition) is 3. The molecule has 0 radical (unpaired) electrons. The summed E-state index contributed by atoms with van der Waals surface area (Å²) in [5, 5.41) is 24.7. The van der Waals surface area contributed by atoms with Gasteiger partial charge in [0.05, 0.1) is 36.4 Å². The second kappa shape index (κ2) is 13.8. The summed E-state index contributed by atoms with van der Waals surface area (Å²) in [6, 6.07) is 7.67. The lowest BCUT2D eigenvalue weighted by molar-refractivity contribution is -0.193. The van der Waals surface area contributed by atoms with Gasteiger partial charge in [-0.3, -0.25) is 14.7 Å². The van der Waals surface area contributed by atoms with E-state index in [2.05, 4.69) is 31.5 Å². The van der Waals surface area contributed by atoms with Crippen molar-refractivity contribution < 1.29 is 55.7 Å². The van der Waals surface area contributed by atoms with E-state index < -0.39 is 24.3 Å². The molecule has 4 rings (SSSR count). The summed E-state index contributed by atoms with van der Waals surface area (Å²) in [5.74, 6) is -4.82. The highest BCUT2D eigenvalue weighted by atomic mass is 19.4. The van der Waals surface area contributed by atoms with Crippen LogP contribution >= 0.6 is 0 Å². The molecular formula is C22H23F6N5O6. The van der Waals surface area contributed by atoms with Gasteiger partial charge in [0.25, 0.3) is 5.91 Å². The third-order valence-electron chi connectivity index (χ3n) is 5.48. The van der Waals surface area contributed by atoms with Crippen LogP contribution in [0.25, 0.3) is 0 Å². The van der Waals surface area contributed by atoms with Gasteiger partial charge in [0, 0.05) is 44.2 Å². The molecule has 17 heteroatoms. The number of aromatic nitrogens is 3. The molecule has 2 fully saturated rings. The number of fused-ring (bicyclic) bond motifs is 1. The second-order valence-electron chi connectivity index (χ2n) is 8.26. The molecule has 3 atom stereocenters. The summed E-state index contributed by atoms with van der Waals surface area (Å²) in [5.41, 5.74) is 1.62. The molecule has 3 N–H and O–H groups in total. The third kappa shape index (κ3) is 10.4. The quantitative estimate of drug-likeness (QED) is 0.457. The van der Waals surface area contributed by atoms with E-state index in [1.165, 1.54) is 12.4 Å². The Hall–Kier alpha value is -3.86. The fourth-order valence-corrected chi connectivity index (χ4v) is 3.69. The van der Waals surface area contributed by atoms with Crippen LogP contribution in [-0.4, -0.2) is 92.8 Å². The van der Waals surface area contributed by atoms with Crippen molar-refractivity contribution in [2.45, 2.75) is 25.0 Å². The predicted octanol–water partition coefficient (Wildman–Crippen LogP) is 2.01. The first-order chi connectivity index (χ1) is 18.2. The molecule has 4 heterocycles. The Labute approximate surface area is 216 Å². The van der Waals surface area contributed by atoms with Crippen molar-refractivity contribution in [3.63, 3.8) is 0 Å². The van der Waals surface area contributed by atoms with Gasteiger partial charge in [0.2, 0.25) is 0 Å². The summed E-state index contributed by atoms with van der Waals surface area (Å²) in [6.07, 6.45) is -5.08. The van der Waals surface area contributed by atoms with Gasteiger partial charge in [-0.05, 0) is 18.2 Å². The fourth-order valence-electron chi connectivity index (χ4n) is 3.69. The summed E-state index contributed by atoms with van der Waals surface area (Å²) in [7, 11) is 0. The Morgan fingerprint density at radius 3 is 2.13 bits per heavy atom. The minimum Gasteiger partial charge on any atom is -0.475 e. The number of alkyl halides is 6. The highest BCUT2D eigenvalue weighted by molar-refractivity contribution is 5.93. The van der Waals surface area contributed by atoms with Crippen LogP contribution in [0.4, 0.5) is 26.3 Å². The monoisotopic (exact) mass is 567 g/mol. The zero-order valence-corrected chi connectivity index (χ0v) is 19.9. The number of carbonyl (C=O) groups is 3. The maximum atomic E-state index is 12.2. The average molecular weight is 567 g/mol. The van der Waals surface area contributed by atoms with Crippen molar-refractivity contribution >= 4 is 17.8 Å². The number of nitrogens with one attached hydrogen (secondary N) is 1. The van der Waals surface area contributed by atoms with Crippen LogP contribution in [0.5, 0.6) is 0 Å². The van der Waals surface area contributed by atoms with Gasteiger partial charge in [0.1, 0.15) is 0 Å².